The normalized spacial score (nSPS) is 14.6. The van der Waals surface area contributed by atoms with Crippen molar-refractivity contribution >= 4 is 19.7 Å². The first kappa shape index (κ1) is 33.9. The molecule has 0 heterocycles. The molecule has 7 heteroatoms. The number of hydrogen-bond donors (Lipinski definition) is 1. The molecule has 0 bridgehead atoms. The van der Waals surface area contributed by atoms with E-state index in [1.165, 1.54) is 45.4 Å². The van der Waals surface area contributed by atoms with Crippen LogP contribution < -0.4 is 0 Å². The van der Waals surface area contributed by atoms with Gasteiger partial charge in [0.25, 0.3) is 0 Å². The van der Waals surface area contributed by atoms with E-state index >= 15 is 0 Å². The summed E-state index contributed by atoms with van der Waals surface area (Å²) in [6, 6.07) is 0. The van der Waals surface area contributed by atoms with E-state index in [0.29, 0.717) is 12.8 Å². The molecule has 0 radical (unpaired) electrons. The van der Waals surface area contributed by atoms with Crippen LogP contribution in [-0.2, 0) is 19.7 Å². The maximum Gasteiger partial charge on any atom is 0.189 e. The molecule has 0 aliphatic heterocycles. The number of aliphatic hydroxyl groups is 1. The molecule has 0 aromatic rings. The Morgan fingerprint density at radius 2 is 0.824 bits per heavy atom. The third kappa shape index (κ3) is 10.5. The second-order valence-electron chi connectivity index (χ2n) is 11.5. The fraction of sp³-hybridized carbons (Fsp3) is 1.00. The van der Waals surface area contributed by atoms with Crippen molar-refractivity contribution in [3.63, 3.8) is 0 Å². The standard InChI is InChI=1S/C27H56O5S2/c1-8-10-12-14-16-18-20-22-26(4,5)33(29,30)25(24(3)28)34(31,32)27(6,7)23-21-19-17-15-13-11-9-2/h24-25,28H,8-23H2,1-7H3. The lowest BCUT2D eigenvalue weighted by molar-refractivity contribution is 0.205. The van der Waals surface area contributed by atoms with Gasteiger partial charge in [-0.2, -0.15) is 0 Å². The molecule has 0 aromatic heterocycles. The molecule has 0 saturated carbocycles. The Morgan fingerprint density at radius 3 is 1.09 bits per heavy atom. The smallest absolute Gasteiger partial charge is 0.189 e. The first-order chi connectivity index (χ1) is 15.7. The summed E-state index contributed by atoms with van der Waals surface area (Å²) in [5.74, 6) is 0. The first-order valence-corrected chi connectivity index (χ1v) is 16.9. The lowest BCUT2D eigenvalue weighted by Gasteiger charge is -2.36. The van der Waals surface area contributed by atoms with Crippen LogP contribution in [0.25, 0.3) is 0 Å². The molecule has 0 aliphatic carbocycles. The molecule has 0 saturated heterocycles. The highest BCUT2D eigenvalue weighted by atomic mass is 32.3. The van der Waals surface area contributed by atoms with E-state index in [1.807, 2.05) is 0 Å². The number of hydrogen-bond acceptors (Lipinski definition) is 5. The van der Waals surface area contributed by atoms with Crippen LogP contribution in [0.5, 0.6) is 0 Å². The fourth-order valence-corrected chi connectivity index (χ4v) is 10.7. The molecule has 0 fully saturated rings. The molecule has 0 spiro atoms. The highest BCUT2D eigenvalue weighted by Gasteiger charge is 2.53. The van der Waals surface area contributed by atoms with Crippen molar-refractivity contribution in [1.29, 1.82) is 0 Å². The third-order valence-electron chi connectivity index (χ3n) is 7.31. The van der Waals surface area contributed by atoms with Gasteiger partial charge >= 0.3 is 0 Å². The van der Waals surface area contributed by atoms with Crippen molar-refractivity contribution in [2.75, 3.05) is 0 Å². The molecule has 0 aromatic carbocycles. The molecule has 1 N–H and O–H groups in total. The Kier molecular flexibility index (Phi) is 15.8. The van der Waals surface area contributed by atoms with Crippen molar-refractivity contribution < 1.29 is 21.9 Å². The molecular weight excluding hydrogens is 468 g/mol. The van der Waals surface area contributed by atoms with Crippen molar-refractivity contribution in [1.82, 2.24) is 0 Å². The van der Waals surface area contributed by atoms with Gasteiger partial charge in [0.05, 0.1) is 15.6 Å². The molecule has 34 heavy (non-hydrogen) atoms. The summed E-state index contributed by atoms with van der Waals surface area (Å²) in [6.45, 7) is 12.1. The largest absolute Gasteiger partial charge is 0.391 e. The average molecular weight is 525 g/mol. The molecular formula is C27H56O5S2. The Hall–Kier alpha value is -0.140. The van der Waals surface area contributed by atoms with Crippen molar-refractivity contribution in [2.24, 2.45) is 0 Å². The van der Waals surface area contributed by atoms with Crippen LogP contribution in [0.4, 0.5) is 0 Å². The zero-order valence-electron chi connectivity index (χ0n) is 23.4. The maximum atomic E-state index is 13.6. The molecule has 0 aliphatic rings. The van der Waals surface area contributed by atoms with E-state index in [1.54, 1.807) is 27.7 Å². The minimum absolute atomic E-state index is 0.403. The predicted molar refractivity (Wildman–Crippen MR) is 147 cm³/mol. The van der Waals surface area contributed by atoms with Crippen LogP contribution in [0, 0.1) is 0 Å². The minimum Gasteiger partial charge on any atom is -0.391 e. The predicted octanol–water partition coefficient (Wildman–Crippen LogP) is 7.36. The van der Waals surface area contributed by atoms with E-state index in [9.17, 15) is 21.9 Å². The first-order valence-electron chi connectivity index (χ1n) is 13.8. The van der Waals surface area contributed by atoms with E-state index in [-0.39, 0.29) is 0 Å². The average Bonchev–Trinajstić information content (AvgIpc) is 2.71. The van der Waals surface area contributed by atoms with E-state index in [0.717, 1.165) is 51.4 Å². The second kappa shape index (κ2) is 15.9. The van der Waals surface area contributed by atoms with Crippen LogP contribution >= 0.6 is 0 Å². The van der Waals surface area contributed by atoms with Crippen molar-refractivity contribution in [3.05, 3.63) is 0 Å². The van der Waals surface area contributed by atoms with Crippen molar-refractivity contribution in [3.8, 4) is 0 Å². The molecule has 206 valence electrons. The lowest BCUT2D eigenvalue weighted by atomic mass is 10.0. The topological polar surface area (TPSA) is 88.5 Å². The van der Waals surface area contributed by atoms with Gasteiger partial charge in [0.15, 0.2) is 24.3 Å². The summed E-state index contributed by atoms with van der Waals surface area (Å²) in [5.41, 5.74) is 0. The van der Waals surface area contributed by atoms with Gasteiger partial charge in [-0.25, -0.2) is 16.8 Å². The maximum absolute atomic E-state index is 13.6. The van der Waals surface area contributed by atoms with Crippen molar-refractivity contribution in [2.45, 2.75) is 171 Å². The summed E-state index contributed by atoms with van der Waals surface area (Å²) in [7, 11) is -8.25. The quantitative estimate of drug-likeness (QED) is 0.158. The fourth-order valence-electron chi connectivity index (χ4n) is 4.61. The van der Waals surface area contributed by atoms with Gasteiger partial charge in [0.2, 0.25) is 0 Å². The van der Waals surface area contributed by atoms with Gasteiger partial charge in [0, 0.05) is 0 Å². The van der Waals surface area contributed by atoms with Crippen LogP contribution in [0.1, 0.15) is 151 Å². The zero-order chi connectivity index (χ0) is 26.5. The molecule has 1 atom stereocenters. The SMILES string of the molecule is CCCCCCCCCC(C)(C)S(=O)(=O)C(C(C)O)S(=O)(=O)C(C)(C)CCCCCCCCC. The van der Waals surface area contributed by atoms with E-state index in [2.05, 4.69) is 13.8 Å². The summed E-state index contributed by atoms with van der Waals surface area (Å²) in [4.78, 5) is 0. The lowest BCUT2D eigenvalue weighted by Crippen LogP contribution is -2.53. The zero-order valence-corrected chi connectivity index (χ0v) is 25.0. The van der Waals surface area contributed by atoms with Crippen LogP contribution in [-0.4, -0.2) is 42.1 Å². The molecule has 0 rings (SSSR count). The molecule has 1 unspecified atom stereocenters. The Balaban J connectivity index is 5.25. The summed E-state index contributed by atoms with van der Waals surface area (Å²) >= 11 is 0. The van der Waals surface area contributed by atoms with Gasteiger partial charge in [-0.15, -0.1) is 0 Å². The highest BCUT2D eigenvalue weighted by molar-refractivity contribution is 8.10. The van der Waals surface area contributed by atoms with Gasteiger partial charge in [-0.1, -0.05) is 104 Å². The summed E-state index contributed by atoms with van der Waals surface area (Å²) in [5, 5.41) is 10.4. The number of sulfone groups is 2. The number of aliphatic hydroxyl groups excluding tert-OH is 1. The number of rotatable bonds is 21. The second-order valence-corrected chi connectivity index (χ2v) is 17.2. The number of unbranched alkanes of at least 4 members (excludes halogenated alkanes) is 12. The van der Waals surface area contributed by atoms with Crippen LogP contribution in [0.15, 0.2) is 0 Å². The Bertz CT molecular complexity index is 677. The highest BCUT2D eigenvalue weighted by Crippen LogP contribution is 2.37. The Labute approximate surface area is 212 Å². The van der Waals surface area contributed by atoms with E-state index < -0.39 is 39.9 Å². The van der Waals surface area contributed by atoms with Gasteiger partial charge in [-0.3, -0.25) is 0 Å². The third-order valence-corrected chi connectivity index (χ3v) is 14.3. The van der Waals surface area contributed by atoms with Gasteiger partial charge in [-0.05, 0) is 47.5 Å². The Morgan fingerprint density at radius 1 is 0.559 bits per heavy atom. The van der Waals surface area contributed by atoms with Gasteiger partial charge < -0.3 is 5.11 Å². The van der Waals surface area contributed by atoms with Crippen LogP contribution in [0.2, 0.25) is 0 Å². The van der Waals surface area contributed by atoms with Gasteiger partial charge in [0.1, 0.15) is 0 Å². The van der Waals surface area contributed by atoms with E-state index in [4.69, 9.17) is 0 Å². The summed E-state index contributed by atoms with van der Waals surface area (Å²) in [6.07, 6.45) is 14.4. The molecule has 5 nitrogen and oxygen atoms in total. The minimum atomic E-state index is -4.13. The van der Waals surface area contributed by atoms with Crippen LogP contribution in [0.3, 0.4) is 0 Å². The molecule has 0 amide bonds. The summed E-state index contributed by atoms with van der Waals surface area (Å²) < 4.78 is 50.3. The monoisotopic (exact) mass is 524 g/mol.